The van der Waals surface area contributed by atoms with Crippen molar-refractivity contribution < 1.29 is 22.7 Å². The number of carbonyl (C=O) groups is 2. The minimum atomic E-state index is -3.69. The topological polar surface area (TPSA) is 96.0 Å². The molecular weight excluding hydrogens is 522 g/mol. The number of benzene rings is 1. The smallest absolute Gasteiger partial charge is 0.341 e. The molecule has 0 radical (unpaired) electrons. The lowest BCUT2D eigenvalue weighted by Gasteiger charge is -2.30. The van der Waals surface area contributed by atoms with Gasteiger partial charge in [-0.3, -0.25) is 9.69 Å². The van der Waals surface area contributed by atoms with E-state index in [1.807, 2.05) is 27.7 Å². The lowest BCUT2D eigenvalue weighted by Crippen LogP contribution is -2.37. The molecule has 1 aromatic heterocycles. The summed E-state index contributed by atoms with van der Waals surface area (Å²) in [6.07, 6.45) is 0.712. The molecule has 3 rings (SSSR count). The number of ether oxygens (including phenoxy) is 1. The van der Waals surface area contributed by atoms with E-state index in [2.05, 4.69) is 24.1 Å². The van der Waals surface area contributed by atoms with Crippen molar-refractivity contribution in [2.75, 3.05) is 31.6 Å². The van der Waals surface area contributed by atoms with Crippen molar-refractivity contribution in [3.8, 4) is 0 Å². The molecule has 1 amide bonds. The largest absolute Gasteiger partial charge is 0.462 e. The summed E-state index contributed by atoms with van der Waals surface area (Å²) < 4.78 is 33.5. The van der Waals surface area contributed by atoms with Gasteiger partial charge in [0, 0.05) is 42.7 Å². The predicted molar refractivity (Wildman–Crippen MR) is 152 cm³/mol. The average molecular weight is 564 g/mol. The monoisotopic (exact) mass is 563 g/mol. The molecule has 210 valence electrons. The first-order valence-corrected chi connectivity index (χ1v) is 15.6. The van der Waals surface area contributed by atoms with Crippen molar-refractivity contribution in [2.45, 2.75) is 72.4 Å². The second-order valence-corrected chi connectivity index (χ2v) is 13.9. The maximum Gasteiger partial charge on any atom is 0.341 e. The molecule has 1 aliphatic rings. The SMILES string of the molecule is CCOC(=O)c1c(NC(=O)c2ccc(S(=O)(=O)N(CC(C)C)CC(C)C)cc2)sc2c1CCN(C(C)C)C2. The van der Waals surface area contributed by atoms with E-state index in [1.165, 1.54) is 39.9 Å². The molecule has 0 unspecified atom stereocenters. The summed E-state index contributed by atoms with van der Waals surface area (Å²) in [5.41, 5.74) is 1.69. The van der Waals surface area contributed by atoms with E-state index in [1.54, 1.807) is 6.92 Å². The van der Waals surface area contributed by atoms with Crippen LogP contribution in [0.5, 0.6) is 0 Å². The molecule has 0 spiro atoms. The van der Waals surface area contributed by atoms with Gasteiger partial charge in [0.25, 0.3) is 5.91 Å². The first kappa shape index (κ1) is 30.3. The van der Waals surface area contributed by atoms with Gasteiger partial charge in [0.15, 0.2) is 0 Å². The fourth-order valence-corrected chi connectivity index (χ4v) is 7.58. The van der Waals surface area contributed by atoms with Crippen LogP contribution >= 0.6 is 11.3 Å². The zero-order chi connectivity index (χ0) is 28.2. The summed E-state index contributed by atoms with van der Waals surface area (Å²) in [6.45, 7) is 16.7. The second kappa shape index (κ2) is 12.7. The van der Waals surface area contributed by atoms with Crippen molar-refractivity contribution in [3.05, 3.63) is 45.8 Å². The van der Waals surface area contributed by atoms with E-state index < -0.39 is 21.9 Å². The fourth-order valence-electron chi connectivity index (χ4n) is 4.56. The number of sulfonamides is 1. The van der Waals surface area contributed by atoms with Gasteiger partial charge >= 0.3 is 5.97 Å². The molecule has 0 aliphatic carbocycles. The Morgan fingerprint density at radius 2 is 1.66 bits per heavy atom. The lowest BCUT2D eigenvalue weighted by atomic mass is 10.0. The fraction of sp³-hybridized carbons (Fsp3) is 0.571. The van der Waals surface area contributed by atoms with Crippen molar-refractivity contribution in [1.29, 1.82) is 0 Å². The summed E-state index contributed by atoms with van der Waals surface area (Å²) in [5, 5.41) is 3.37. The molecule has 1 aromatic carbocycles. The average Bonchev–Trinajstić information content (AvgIpc) is 3.20. The van der Waals surface area contributed by atoms with Crippen LogP contribution in [0.15, 0.2) is 29.2 Å². The van der Waals surface area contributed by atoms with Crippen LogP contribution < -0.4 is 5.32 Å². The highest BCUT2D eigenvalue weighted by Crippen LogP contribution is 2.38. The van der Waals surface area contributed by atoms with E-state index in [0.29, 0.717) is 41.7 Å². The molecule has 1 aliphatic heterocycles. The third-order valence-corrected chi connectivity index (χ3v) is 9.39. The number of hydrogen-bond acceptors (Lipinski definition) is 7. The van der Waals surface area contributed by atoms with Gasteiger partial charge in [-0.1, -0.05) is 27.7 Å². The molecule has 0 bridgehead atoms. The predicted octanol–water partition coefficient (Wildman–Crippen LogP) is 5.25. The Bertz CT molecular complexity index is 1220. The standard InChI is InChI=1S/C28H41N3O5S2/c1-8-36-28(33)25-23-13-14-30(20(6)7)17-24(23)37-27(25)29-26(32)21-9-11-22(12-10-21)38(34,35)31(15-18(2)3)16-19(4)5/h9-12,18-20H,8,13-17H2,1-7H3,(H,29,32). The normalized spacial score (nSPS) is 14.4. The number of hydrogen-bond donors (Lipinski definition) is 1. The molecule has 0 saturated heterocycles. The Balaban J connectivity index is 1.86. The zero-order valence-electron chi connectivity index (χ0n) is 23.5. The van der Waals surface area contributed by atoms with Gasteiger partial charge in [-0.15, -0.1) is 11.3 Å². The molecule has 8 nitrogen and oxygen atoms in total. The summed E-state index contributed by atoms with van der Waals surface area (Å²) >= 11 is 1.41. The van der Waals surface area contributed by atoms with Gasteiger partial charge < -0.3 is 10.1 Å². The molecule has 0 fully saturated rings. The summed E-state index contributed by atoms with van der Waals surface area (Å²) in [7, 11) is -3.69. The Hall–Kier alpha value is -2.27. The van der Waals surface area contributed by atoms with E-state index in [4.69, 9.17) is 4.74 Å². The van der Waals surface area contributed by atoms with Gasteiger partial charge in [-0.2, -0.15) is 4.31 Å². The Morgan fingerprint density at radius 3 is 2.18 bits per heavy atom. The summed E-state index contributed by atoms with van der Waals surface area (Å²) in [4.78, 5) is 29.6. The van der Waals surface area contributed by atoms with Gasteiger partial charge in [0.2, 0.25) is 10.0 Å². The molecular formula is C28H41N3O5S2. The number of rotatable bonds is 11. The highest BCUT2D eigenvalue weighted by Gasteiger charge is 2.31. The third kappa shape index (κ3) is 7.02. The van der Waals surface area contributed by atoms with E-state index in [0.717, 1.165) is 23.5 Å². The first-order valence-electron chi connectivity index (χ1n) is 13.3. The number of carbonyl (C=O) groups excluding carboxylic acids is 2. The van der Waals surface area contributed by atoms with E-state index >= 15 is 0 Å². The summed E-state index contributed by atoms with van der Waals surface area (Å²) in [5.74, 6) is -0.465. The number of fused-ring (bicyclic) bond motifs is 1. The van der Waals surface area contributed by atoms with Crippen molar-refractivity contribution in [2.24, 2.45) is 11.8 Å². The third-order valence-electron chi connectivity index (χ3n) is 6.42. The van der Waals surface area contributed by atoms with E-state index in [9.17, 15) is 18.0 Å². The zero-order valence-corrected chi connectivity index (χ0v) is 25.2. The van der Waals surface area contributed by atoms with Crippen LogP contribution in [0.1, 0.15) is 79.6 Å². The molecule has 2 heterocycles. The minimum absolute atomic E-state index is 0.155. The highest BCUT2D eigenvalue weighted by atomic mass is 32.2. The highest BCUT2D eigenvalue weighted by molar-refractivity contribution is 7.89. The van der Waals surface area contributed by atoms with Gasteiger partial charge in [-0.25, -0.2) is 13.2 Å². The van der Waals surface area contributed by atoms with Crippen LogP contribution in [0.25, 0.3) is 0 Å². The Morgan fingerprint density at radius 1 is 1.05 bits per heavy atom. The van der Waals surface area contributed by atoms with Gasteiger partial charge in [-0.05, 0) is 68.9 Å². The number of nitrogens with one attached hydrogen (secondary N) is 1. The molecule has 1 N–H and O–H groups in total. The number of anilines is 1. The summed E-state index contributed by atoms with van der Waals surface area (Å²) in [6, 6.07) is 6.36. The van der Waals surface area contributed by atoms with Gasteiger partial charge in [0.1, 0.15) is 5.00 Å². The van der Waals surface area contributed by atoms with Crippen LogP contribution in [0.3, 0.4) is 0 Å². The van der Waals surface area contributed by atoms with Crippen LogP contribution in [-0.2, 0) is 27.7 Å². The molecule has 38 heavy (non-hydrogen) atoms. The van der Waals surface area contributed by atoms with E-state index in [-0.39, 0.29) is 23.3 Å². The van der Waals surface area contributed by atoms with Crippen LogP contribution in [0, 0.1) is 11.8 Å². The second-order valence-electron chi connectivity index (χ2n) is 10.8. The Labute approximate surface area is 231 Å². The Kier molecular flexibility index (Phi) is 10.1. The molecule has 0 atom stereocenters. The number of amides is 1. The number of thiophene rings is 1. The van der Waals surface area contributed by atoms with Crippen molar-refractivity contribution >= 4 is 38.2 Å². The molecule has 10 heteroatoms. The minimum Gasteiger partial charge on any atom is -0.462 e. The molecule has 0 saturated carbocycles. The lowest BCUT2D eigenvalue weighted by molar-refractivity contribution is 0.0526. The number of esters is 1. The van der Waals surface area contributed by atoms with Gasteiger partial charge in [0.05, 0.1) is 17.1 Å². The van der Waals surface area contributed by atoms with Crippen molar-refractivity contribution in [1.82, 2.24) is 9.21 Å². The quantitative estimate of drug-likeness (QED) is 0.376. The van der Waals surface area contributed by atoms with Crippen LogP contribution in [-0.4, -0.2) is 61.8 Å². The first-order chi connectivity index (χ1) is 17.8. The maximum atomic E-state index is 13.3. The maximum absolute atomic E-state index is 13.3. The number of nitrogens with zero attached hydrogens (tertiary/aromatic N) is 2. The molecule has 2 aromatic rings. The van der Waals surface area contributed by atoms with Crippen molar-refractivity contribution in [3.63, 3.8) is 0 Å². The van der Waals surface area contributed by atoms with Crippen LogP contribution in [0.4, 0.5) is 5.00 Å². The van der Waals surface area contributed by atoms with Crippen LogP contribution in [0.2, 0.25) is 0 Å².